The molecule has 2 heterocycles. The number of carbonyl (C=O) groups is 2. The average Bonchev–Trinajstić information content (AvgIpc) is 2.80. The standard InChI is InChI=1S/C22H30N2O4/c1-14-12-15(2)18(16(3)13-14)19-20(25)22(8-10-23(27-4)11-9-22)24(21(19)26)28-17-6-5-7-17/h12-13,17,19H,5-11H2,1-4H3. The van der Waals surface area contributed by atoms with E-state index >= 15 is 0 Å². The van der Waals surface area contributed by atoms with E-state index in [1.54, 1.807) is 7.11 Å². The Morgan fingerprint density at radius 2 is 1.64 bits per heavy atom. The zero-order valence-corrected chi connectivity index (χ0v) is 17.3. The molecule has 1 saturated carbocycles. The molecule has 1 aromatic rings. The molecule has 2 aliphatic heterocycles. The van der Waals surface area contributed by atoms with E-state index in [0.29, 0.717) is 25.9 Å². The smallest absolute Gasteiger partial charge is 0.262 e. The van der Waals surface area contributed by atoms with Crippen LogP contribution < -0.4 is 0 Å². The normalized spacial score (nSPS) is 25.6. The van der Waals surface area contributed by atoms with Crippen LogP contribution in [-0.4, -0.2) is 53.7 Å². The van der Waals surface area contributed by atoms with E-state index in [0.717, 1.165) is 41.5 Å². The summed E-state index contributed by atoms with van der Waals surface area (Å²) in [4.78, 5) is 38.8. The summed E-state index contributed by atoms with van der Waals surface area (Å²) >= 11 is 0. The summed E-state index contributed by atoms with van der Waals surface area (Å²) in [6, 6.07) is 4.11. The molecule has 1 spiro atoms. The molecule has 152 valence electrons. The molecular weight excluding hydrogens is 356 g/mol. The van der Waals surface area contributed by atoms with E-state index in [1.807, 2.05) is 25.8 Å². The zero-order chi connectivity index (χ0) is 20.1. The number of Topliss-reactive ketones (excluding diaryl/α,β-unsaturated/α-hetero) is 1. The van der Waals surface area contributed by atoms with Crippen molar-refractivity contribution >= 4 is 11.7 Å². The molecule has 1 unspecified atom stereocenters. The van der Waals surface area contributed by atoms with Crippen molar-refractivity contribution in [1.82, 2.24) is 10.1 Å². The van der Waals surface area contributed by atoms with Crippen LogP contribution in [0.15, 0.2) is 12.1 Å². The van der Waals surface area contributed by atoms with E-state index in [2.05, 4.69) is 12.1 Å². The number of carbonyl (C=O) groups excluding carboxylic acids is 2. The molecule has 1 amide bonds. The molecule has 28 heavy (non-hydrogen) atoms. The van der Waals surface area contributed by atoms with Crippen LogP contribution in [0.3, 0.4) is 0 Å². The number of hydrogen-bond acceptors (Lipinski definition) is 5. The van der Waals surface area contributed by atoms with E-state index in [-0.39, 0.29) is 17.8 Å². The Bertz CT molecular complexity index is 771. The summed E-state index contributed by atoms with van der Waals surface area (Å²) in [6.45, 7) is 7.24. The Morgan fingerprint density at radius 1 is 1.04 bits per heavy atom. The summed E-state index contributed by atoms with van der Waals surface area (Å²) in [6.07, 6.45) is 4.15. The highest BCUT2D eigenvalue weighted by Gasteiger charge is 2.61. The van der Waals surface area contributed by atoms with E-state index < -0.39 is 11.5 Å². The summed E-state index contributed by atoms with van der Waals surface area (Å²) in [5.74, 6) is -0.977. The van der Waals surface area contributed by atoms with Crippen molar-refractivity contribution in [3.63, 3.8) is 0 Å². The third kappa shape index (κ3) is 2.98. The molecule has 2 saturated heterocycles. The number of benzene rings is 1. The van der Waals surface area contributed by atoms with Crippen LogP contribution in [0.4, 0.5) is 0 Å². The molecular formula is C22H30N2O4. The van der Waals surface area contributed by atoms with Gasteiger partial charge in [-0.25, -0.2) is 5.06 Å². The first-order valence-corrected chi connectivity index (χ1v) is 10.3. The Morgan fingerprint density at radius 3 is 2.14 bits per heavy atom. The van der Waals surface area contributed by atoms with Crippen molar-refractivity contribution in [2.75, 3.05) is 20.2 Å². The number of amides is 1. The van der Waals surface area contributed by atoms with Gasteiger partial charge >= 0.3 is 0 Å². The minimum Gasteiger partial charge on any atom is -0.302 e. The number of hydroxylamine groups is 4. The van der Waals surface area contributed by atoms with Gasteiger partial charge < -0.3 is 4.84 Å². The van der Waals surface area contributed by atoms with Gasteiger partial charge in [0.05, 0.1) is 13.2 Å². The van der Waals surface area contributed by atoms with Gasteiger partial charge in [-0.2, -0.15) is 5.06 Å². The van der Waals surface area contributed by atoms with Crippen molar-refractivity contribution < 1.29 is 19.3 Å². The fourth-order valence-electron chi connectivity index (χ4n) is 4.98. The van der Waals surface area contributed by atoms with E-state index in [4.69, 9.17) is 9.68 Å². The lowest BCUT2D eigenvalue weighted by Crippen LogP contribution is -2.57. The Kier molecular flexibility index (Phi) is 5.06. The molecule has 0 aromatic heterocycles. The quantitative estimate of drug-likeness (QED) is 0.745. The number of aryl methyl sites for hydroxylation is 3. The van der Waals surface area contributed by atoms with Gasteiger partial charge in [-0.05, 0) is 69.6 Å². The number of hydrogen-bond donors (Lipinski definition) is 0. The summed E-state index contributed by atoms with van der Waals surface area (Å²) in [5, 5.41) is 3.33. The average molecular weight is 386 g/mol. The molecule has 6 heteroatoms. The van der Waals surface area contributed by atoms with Crippen LogP contribution >= 0.6 is 0 Å². The lowest BCUT2D eigenvalue weighted by molar-refractivity contribution is -0.257. The first-order valence-electron chi connectivity index (χ1n) is 10.3. The van der Waals surface area contributed by atoms with Gasteiger partial charge in [0.15, 0.2) is 5.78 Å². The first kappa shape index (κ1) is 19.6. The van der Waals surface area contributed by atoms with Gasteiger partial charge in [-0.15, -0.1) is 0 Å². The lowest BCUT2D eigenvalue weighted by atomic mass is 9.78. The van der Waals surface area contributed by atoms with Crippen LogP contribution in [0.5, 0.6) is 0 Å². The van der Waals surface area contributed by atoms with Crippen LogP contribution in [0.1, 0.15) is 60.3 Å². The topological polar surface area (TPSA) is 59.1 Å². The summed E-state index contributed by atoms with van der Waals surface area (Å²) < 4.78 is 0. The highest BCUT2D eigenvalue weighted by molar-refractivity contribution is 6.17. The molecule has 0 N–H and O–H groups in total. The van der Waals surface area contributed by atoms with Crippen LogP contribution in [-0.2, 0) is 19.3 Å². The predicted molar refractivity (Wildman–Crippen MR) is 105 cm³/mol. The van der Waals surface area contributed by atoms with Crippen molar-refractivity contribution in [1.29, 1.82) is 0 Å². The molecule has 0 radical (unpaired) electrons. The van der Waals surface area contributed by atoms with E-state index in [9.17, 15) is 9.59 Å². The van der Waals surface area contributed by atoms with Crippen molar-refractivity contribution in [2.24, 2.45) is 0 Å². The minimum atomic E-state index is -0.879. The lowest BCUT2D eigenvalue weighted by Gasteiger charge is -2.43. The van der Waals surface area contributed by atoms with Crippen molar-refractivity contribution in [3.05, 3.63) is 34.4 Å². The first-order chi connectivity index (χ1) is 13.4. The summed E-state index contributed by atoms with van der Waals surface area (Å²) in [5.41, 5.74) is 3.12. The SMILES string of the molecule is CON1CCC2(CC1)C(=O)C(c1c(C)cc(C)cc1C)C(=O)N2OC1CCC1. The molecule has 1 atom stereocenters. The van der Waals surface area contributed by atoms with Crippen LogP contribution in [0.2, 0.25) is 0 Å². The predicted octanol–water partition coefficient (Wildman–Crippen LogP) is 2.99. The molecule has 3 aliphatic rings. The molecule has 3 fully saturated rings. The van der Waals surface area contributed by atoms with Gasteiger partial charge in [0.2, 0.25) is 0 Å². The Labute approximate surface area is 166 Å². The maximum absolute atomic E-state index is 13.8. The second-order valence-corrected chi connectivity index (χ2v) is 8.54. The third-order valence-corrected chi connectivity index (χ3v) is 6.70. The molecule has 6 nitrogen and oxygen atoms in total. The largest absolute Gasteiger partial charge is 0.302 e. The number of ketones is 1. The maximum Gasteiger partial charge on any atom is 0.262 e. The monoisotopic (exact) mass is 386 g/mol. The van der Waals surface area contributed by atoms with Crippen LogP contribution in [0.25, 0.3) is 0 Å². The zero-order valence-electron chi connectivity index (χ0n) is 17.3. The molecule has 4 rings (SSSR count). The van der Waals surface area contributed by atoms with Gasteiger partial charge in [0.1, 0.15) is 11.5 Å². The number of rotatable bonds is 4. The molecule has 1 aromatic carbocycles. The van der Waals surface area contributed by atoms with Crippen LogP contribution in [0, 0.1) is 20.8 Å². The van der Waals surface area contributed by atoms with Crippen molar-refractivity contribution in [2.45, 2.75) is 70.4 Å². The van der Waals surface area contributed by atoms with Gasteiger partial charge in [-0.1, -0.05) is 17.7 Å². The molecule has 1 aliphatic carbocycles. The van der Waals surface area contributed by atoms with E-state index in [1.165, 1.54) is 5.06 Å². The van der Waals surface area contributed by atoms with Gasteiger partial charge in [0, 0.05) is 13.1 Å². The second kappa shape index (κ2) is 7.25. The van der Waals surface area contributed by atoms with Gasteiger partial charge in [0.25, 0.3) is 5.91 Å². The third-order valence-electron chi connectivity index (χ3n) is 6.70. The minimum absolute atomic E-state index is 0.0115. The van der Waals surface area contributed by atoms with Crippen molar-refractivity contribution in [3.8, 4) is 0 Å². The number of piperidine rings is 1. The highest BCUT2D eigenvalue weighted by Crippen LogP contribution is 2.46. The maximum atomic E-state index is 13.8. The fourth-order valence-corrected chi connectivity index (χ4v) is 4.98. The number of nitrogens with zero attached hydrogens (tertiary/aromatic N) is 2. The summed E-state index contributed by atoms with van der Waals surface area (Å²) in [7, 11) is 1.64. The highest BCUT2D eigenvalue weighted by atomic mass is 16.7. The molecule has 0 bridgehead atoms. The fraction of sp³-hybridized carbons (Fsp3) is 0.636. The second-order valence-electron chi connectivity index (χ2n) is 8.54. The Hall–Kier alpha value is -1.76. The Balaban J connectivity index is 1.73. The van der Waals surface area contributed by atoms with Gasteiger partial charge in [-0.3, -0.25) is 14.4 Å².